The standard InChI is InChI=1S/C14H11NO6/c16-10-3-1-2-8(12(10)18)13(19)15-9-5-4-7(14(20)21)6-11(9)17/h1-6,16-18H,(H,15,19)(H,20,21). The van der Waals surface area contributed by atoms with E-state index in [9.17, 15) is 24.9 Å². The van der Waals surface area contributed by atoms with E-state index >= 15 is 0 Å². The van der Waals surface area contributed by atoms with Crippen molar-refractivity contribution in [2.75, 3.05) is 5.32 Å². The number of amides is 1. The van der Waals surface area contributed by atoms with Crippen LogP contribution < -0.4 is 5.32 Å². The molecule has 21 heavy (non-hydrogen) atoms. The molecule has 0 spiro atoms. The predicted octanol–water partition coefficient (Wildman–Crippen LogP) is 1.75. The topological polar surface area (TPSA) is 127 Å². The summed E-state index contributed by atoms with van der Waals surface area (Å²) < 4.78 is 0. The van der Waals surface area contributed by atoms with Gasteiger partial charge in [-0.2, -0.15) is 0 Å². The van der Waals surface area contributed by atoms with Crippen molar-refractivity contribution in [1.29, 1.82) is 0 Å². The smallest absolute Gasteiger partial charge is 0.335 e. The molecule has 2 rings (SSSR count). The lowest BCUT2D eigenvalue weighted by Gasteiger charge is -2.09. The molecular formula is C14H11NO6. The van der Waals surface area contributed by atoms with Gasteiger partial charge in [0.1, 0.15) is 5.75 Å². The van der Waals surface area contributed by atoms with Gasteiger partial charge < -0.3 is 25.7 Å². The van der Waals surface area contributed by atoms with E-state index in [0.29, 0.717) is 0 Å². The van der Waals surface area contributed by atoms with E-state index in [-0.39, 0.29) is 16.8 Å². The van der Waals surface area contributed by atoms with Crippen molar-refractivity contribution < 1.29 is 30.0 Å². The van der Waals surface area contributed by atoms with Crippen LogP contribution in [0.1, 0.15) is 20.7 Å². The molecule has 0 saturated carbocycles. The highest BCUT2D eigenvalue weighted by molar-refractivity contribution is 6.07. The summed E-state index contributed by atoms with van der Waals surface area (Å²) in [5.41, 5.74) is -0.338. The van der Waals surface area contributed by atoms with Crippen LogP contribution in [0, 0.1) is 0 Å². The zero-order valence-electron chi connectivity index (χ0n) is 10.6. The summed E-state index contributed by atoms with van der Waals surface area (Å²) in [5.74, 6) is -3.44. The first-order chi connectivity index (χ1) is 9.90. The van der Waals surface area contributed by atoms with Gasteiger partial charge in [-0.3, -0.25) is 4.79 Å². The van der Waals surface area contributed by atoms with Crippen molar-refractivity contribution in [3.8, 4) is 17.2 Å². The van der Waals surface area contributed by atoms with Crippen LogP contribution in [0.3, 0.4) is 0 Å². The molecule has 0 aromatic heterocycles. The number of carboxylic acids is 1. The van der Waals surface area contributed by atoms with Crippen LogP contribution in [0.15, 0.2) is 36.4 Å². The Morgan fingerprint density at radius 1 is 0.952 bits per heavy atom. The molecule has 1 amide bonds. The Morgan fingerprint density at radius 2 is 1.67 bits per heavy atom. The minimum absolute atomic E-state index is 0.0206. The maximum atomic E-state index is 11.9. The van der Waals surface area contributed by atoms with Crippen molar-refractivity contribution in [2.45, 2.75) is 0 Å². The number of anilines is 1. The fourth-order valence-corrected chi connectivity index (χ4v) is 1.67. The molecule has 0 atom stereocenters. The third-order valence-electron chi connectivity index (χ3n) is 2.75. The highest BCUT2D eigenvalue weighted by atomic mass is 16.4. The summed E-state index contributed by atoms with van der Waals surface area (Å²) in [6.45, 7) is 0. The van der Waals surface area contributed by atoms with Crippen molar-refractivity contribution in [2.24, 2.45) is 0 Å². The van der Waals surface area contributed by atoms with Crippen LogP contribution in [0.5, 0.6) is 17.2 Å². The van der Waals surface area contributed by atoms with Gasteiger partial charge in [0.2, 0.25) is 0 Å². The second-order valence-electron chi connectivity index (χ2n) is 4.16. The molecule has 0 aliphatic carbocycles. The fraction of sp³-hybridized carbons (Fsp3) is 0. The van der Waals surface area contributed by atoms with Gasteiger partial charge in [-0.25, -0.2) is 4.79 Å². The highest BCUT2D eigenvalue weighted by Gasteiger charge is 2.16. The van der Waals surface area contributed by atoms with Crippen LogP contribution in [0.25, 0.3) is 0 Å². The number of nitrogens with one attached hydrogen (secondary N) is 1. The van der Waals surface area contributed by atoms with Crippen LogP contribution in [0.2, 0.25) is 0 Å². The molecule has 0 radical (unpaired) electrons. The Hall–Kier alpha value is -3.22. The second kappa shape index (κ2) is 5.41. The number of hydrogen-bond donors (Lipinski definition) is 5. The quantitative estimate of drug-likeness (QED) is 0.548. The van der Waals surface area contributed by atoms with Gasteiger partial charge in [-0.1, -0.05) is 6.07 Å². The maximum Gasteiger partial charge on any atom is 0.335 e. The lowest BCUT2D eigenvalue weighted by molar-refractivity contribution is 0.0696. The van der Waals surface area contributed by atoms with E-state index in [1.807, 2.05) is 0 Å². The molecule has 0 fully saturated rings. The third-order valence-corrected chi connectivity index (χ3v) is 2.75. The molecule has 7 heteroatoms. The van der Waals surface area contributed by atoms with Gasteiger partial charge in [0, 0.05) is 0 Å². The molecule has 2 aromatic carbocycles. The van der Waals surface area contributed by atoms with E-state index in [4.69, 9.17) is 5.11 Å². The minimum Gasteiger partial charge on any atom is -0.506 e. The number of benzene rings is 2. The van der Waals surface area contributed by atoms with Crippen molar-refractivity contribution in [1.82, 2.24) is 0 Å². The Morgan fingerprint density at radius 3 is 2.29 bits per heavy atom. The van der Waals surface area contributed by atoms with E-state index in [2.05, 4.69) is 5.32 Å². The summed E-state index contributed by atoms with van der Waals surface area (Å²) in [6.07, 6.45) is 0. The molecule has 0 aliphatic rings. The molecule has 7 nitrogen and oxygen atoms in total. The Bertz CT molecular complexity index is 725. The number of phenols is 3. The first kappa shape index (κ1) is 14.2. The van der Waals surface area contributed by atoms with Crippen molar-refractivity contribution in [3.05, 3.63) is 47.5 Å². The van der Waals surface area contributed by atoms with E-state index < -0.39 is 29.1 Å². The summed E-state index contributed by atoms with van der Waals surface area (Å²) in [7, 11) is 0. The molecule has 0 unspecified atom stereocenters. The molecule has 5 N–H and O–H groups in total. The lowest BCUT2D eigenvalue weighted by atomic mass is 10.1. The summed E-state index contributed by atoms with van der Waals surface area (Å²) in [5, 5.41) is 39.6. The lowest BCUT2D eigenvalue weighted by Crippen LogP contribution is -2.12. The first-order valence-electron chi connectivity index (χ1n) is 5.78. The number of para-hydroxylation sites is 1. The molecule has 2 aromatic rings. The van der Waals surface area contributed by atoms with E-state index in [1.54, 1.807) is 0 Å². The molecule has 0 heterocycles. The second-order valence-corrected chi connectivity index (χ2v) is 4.16. The Balaban J connectivity index is 2.28. The van der Waals surface area contributed by atoms with Crippen LogP contribution in [-0.2, 0) is 0 Å². The minimum atomic E-state index is -1.21. The molecule has 0 saturated heterocycles. The number of hydrogen-bond acceptors (Lipinski definition) is 5. The van der Waals surface area contributed by atoms with Crippen LogP contribution in [0.4, 0.5) is 5.69 Å². The average molecular weight is 289 g/mol. The normalized spacial score (nSPS) is 10.1. The van der Waals surface area contributed by atoms with Gasteiger partial charge >= 0.3 is 5.97 Å². The third kappa shape index (κ3) is 2.86. The summed E-state index contributed by atoms with van der Waals surface area (Å²) in [6, 6.07) is 7.28. The highest BCUT2D eigenvalue weighted by Crippen LogP contribution is 2.30. The zero-order valence-corrected chi connectivity index (χ0v) is 10.6. The number of phenolic OH excluding ortho intramolecular Hbond substituents is 3. The Kier molecular flexibility index (Phi) is 3.66. The molecule has 108 valence electrons. The predicted molar refractivity (Wildman–Crippen MR) is 72.8 cm³/mol. The number of carbonyl (C=O) groups excluding carboxylic acids is 1. The van der Waals surface area contributed by atoms with Crippen molar-refractivity contribution in [3.63, 3.8) is 0 Å². The molecule has 0 bridgehead atoms. The summed E-state index contributed by atoms with van der Waals surface area (Å²) in [4.78, 5) is 22.7. The van der Waals surface area contributed by atoms with Gasteiger partial charge in [-0.15, -0.1) is 0 Å². The van der Waals surface area contributed by atoms with E-state index in [0.717, 1.165) is 6.07 Å². The van der Waals surface area contributed by atoms with Crippen LogP contribution >= 0.6 is 0 Å². The van der Waals surface area contributed by atoms with Crippen molar-refractivity contribution >= 4 is 17.6 Å². The molecule has 0 aliphatic heterocycles. The first-order valence-corrected chi connectivity index (χ1v) is 5.78. The number of aromatic carboxylic acids is 1. The number of rotatable bonds is 3. The summed E-state index contributed by atoms with van der Waals surface area (Å²) >= 11 is 0. The largest absolute Gasteiger partial charge is 0.506 e. The van der Waals surface area contributed by atoms with Gasteiger partial charge in [0.05, 0.1) is 16.8 Å². The monoisotopic (exact) mass is 289 g/mol. The fourth-order valence-electron chi connectivity index (χ4n) is 1.67. The SMILES string of the molecule is O=C(O)c1ccc(NC(=O)c2cccc(O)c2O)c(O)c1. The Labute approximate surface area is 118 Å². The van der Waals surface area contributed by atoms with Crippen LogP contribution in [-0.4, -0.2) is 32.3 Å². The number of carboxylic acid groups (broad SMARTS) is 1. The van der Waals surface area contributed by atoms with E-state index in [1.165, 1.54) is 30.3 Å². The number of carbonyl (C=O) groups is 2. The average Bonchev–Trinajstić information content (AvgIpc) is 2.43. The van der Waals surface area contributed by atoms with Gasteiger partial charge in [0.15, 0.2) is 11.5 Å². The number of aromatic hydroxyl groups is 3. The van der Waals surface area contributed by atoms with Gasteiger partial charge in [0.25, 0.3) is 5.91 Å². The van der Waals surface area contributed by atoms with Gasteiger partial charge in [-0.05, 0) is 30.3 Å². The zero-order chi connectivity index (χ0) is 15.6. The molecular weight excluding hydrogens is 278 g/mol. The maximum absolute atomic E-state index is 11.9.